The van der Waals surface area contributed by atoms with Crippen LogP contribution >= 0.6 is 0 Å². The summed E-state index contributed by atoms with van der Waals surface area (Å²) in [5.74, 6) is 4.69. The van der Waals surface area contributed by atoms with Crippen molar-refractivity contribution in [2.45, 2.75) is 45.4 Å². The first-order chi connectivity index (χ1) is 12.7. The van der Waals surface area contributed by atoms with Crippen LogP contribution in [0.25, 0.3) is 11.6 Å². The van der Waals surface area contributed by atoms with Gasteiger partial charge in [-0.1, -0.05) is 26.2 Å². The van der Waals surface area contributed by atoms with E-state index in [1.807, 2.05) is 19.2 Å². The molecule has 2 heterocycles. The third-order valence-corrected chi connectivity index (χ3v) is 5.04. The van der Waals surface area contributed by atoms with Crippen LogP contribution in [0.3, 0.4) is 0 Å². The fourth-order valence-electron chi connectivity index (χ4n) is 3.66. The van der Waals surface area contributed by atoms with E-state index in [1.165, 1.54) is 32.1 Å². The van der Waals surface area contributed by atoms with Gasteiger partial charge in [0.15, 0.2) is 11.7 Å². The van der Waals surface area contributed by atoms with Gasteiger partial charge in [-0.3, -0.25) is 10.1 Å². The molecule has 142 valence electrons. The zero-order chi connectivity index (χ0) is 18.2. The Morgan fingerprint density at radius 2 is 2.23 bits per heavy atom. The highest BCUT2D eigenvalue weighted by Crippen LogP contribution is 2.30. The summed E-state index contributed by atoms with van der Waals surface area (Å²) < 4.78 is 5.30. The maximum atomic E-state index is 5.30. The lowest BCUT2D eigenvalue weighted by Crippen LogP contribution is -2.39. The third kappa shape index (κ3) is 5.34. The van der Waals surface area contributed by atoms with Crippen LogP contribution < -0.4 is 10.6 Å². The lowest BCUT2D eigenvalue weighted by atomic mass is 9.81. The summed E-state index contributed by atoms with van der Waals surface area (Å²) >= 11 is 0. The molecule has 1 fully saturated rings. The van der Waals surface area contributed by atoms with Crippen LogP contribution in [0.15, 0.2) is 27.8 Å². The van der Waals surface area contributed by atoms with E-state index in [0.29, 0.717) is 11.6 Å². The van der Waals surface area contributed by atoms with E-state index >= 15 is 0 Å². The van der Waals surface area contributed by atoms with Crippen molar-refractivity contribution >= 4 is 5.96 Å². The summed E-state index contributed by atoms with van der Waals surface area (Å²) in [6.45, 7) is 4.09. The van der Waals surface area contributed by atoms with Gasteiger partial charge in [-0.2, -0.15) is 5.10 Å². The number of hydrogen-bond donors (Lipinski definition) is 3. The number of rotatable bonds is 7. The van der Waals surface area contributed by atoms with E-state index in [0.717, 1.165) is 43.1 Å². The zero-order valence-corrected chi connectivity index (χ0v) is 15.8. The Kier molecular flexibility index (Phi) is 6.68. The quantitative estimate of drug-likeness (QED) is 0.523. The van der Waals surface area contributed by atoms with Gasteiger partial charge in [0.1, 0.15) is 5.82 Å². The minimum atomic E-state index is 0.592. The molecule has 1 aliphatic rings. The first-order valence-corrected chi connectivity index (χ1v) is 9.64. The van der Waals surface area contributed by atoms with Crippen molar-refractivity contribution in [3.63, 3.8) is 0 Å². The van der Waals surface area contributed by atoms with E-state index in [2.05, 4.69) is 37.7 Å². The number of aromatic nitrogens is 3. The number of guanidine groups is 1. The summed E-state index contributed by atoms with van der Waals surface area (Å²) in [6, 6.07) is 3.68. The minimum absolute atomic E-state index is 0.592. The number of nitrogens with one attached hydrogen (secondary N) is 3. The number of hydrogen-bond acceptors (Lipinski definition) is 4. The van der Waals surface area contributed by atoms with Crippen molar-refractivity contribution in [2.24, 2.45) is 16.8 Å². The molecule has 1 saturated carbocycles. The van der Waals surface area contributed by atoms with Crippen molar-refractivity contribution in [3.05, 3.63) is 24.2 Å². The molecule has 1 aliphatic carbocycles. The Labute approximate surface area is 155 Å². The molecule has 2 atom stereocenters. The molecular formula is C19H30N6O. The highest BCUT2D eigenvalue weighted by atomic mass is 16.3. The second-order valence-electron chi connectivity index (χ2n) is 7.19. The van der Waals surface area contributed by atoms with Crippen LogP contribution in [0.5, 0.6) is 0 Å². The molecule has 7 heteroatoms. The van der Waals surface area contributed by atoms with Gasteiger partial charge in [0, 0.05) is 26.6 Å². The molecule has 3 N–H and O–H groups in total. The first kappa shape index (κ1) is 18.5. The van der Waals surface area contributed by atoms with E-state index in [1.54, 1.807) is 6.26 Å². The van der Waals surface area contributed by atoms with Gasteiger partial charge in [0.05, 0.1) is 6.26 Å². The monoisotopic (exact) mass is 358 g/mol. The highest BCUT2D eigenvalue weighted by Gasteiger charge is 2.18. The molecule has 0 amide bonds. The standard InChI is InChI=1S/C19H30N6O/c1-14-5-3-6-15(13-14)8-10-21-19(20-2)22-11-9-17-23-18(25-24-17)16-7-4-12-26-16/h4,7,12,14-15H,3,5-6,8-11,13H2,1-2H3,(H2,20,21,22)(H,23,24,25). The fraction of sp³-hybridized carbons (Fsp3) is 0.632. The molecule has 0 aromatic carbocycles. The number of H-pyrrole nitrogens is 1. The van der Waals surface area contributed by atoms with Crippen molar-refractivity contribution in [1.29, 1.82) is 0 Å². The predicted molar refractivity (Wildman–Crippen MR) is 103 cm³/mol. The van der Waals surface area contributed by atoms with Crippen molar-refractivity contribution in [2.75, 3.05) is 20.1 Å². The SMILES string of the molecule is CN=C(NCCc1nc(-c2ccco2)n[nH]1)NCCC1CCCC(C)C1. The van der Waals surface area contributed by atoms with Crippen molar-refractivity contribution in [1.82, 2.24) is 25.8 Å². The molecule has 7 nitrogen and oxygen atoms in total. The smallest absolute Gasteiger partial charge is 0.216 e. The average Bonchev–Trinajstić information content (AvgIpc) is 3.32. The van der Waals surface area contributed by atoms with Crippen LogP contribution in [0, 0.1) is 11.8 Å². The van der Waals surface area contributed by atoms with E-state index in [4.69, 9.17) is 4.42 Å². The Bertz CT molecular complexity index is 678. The largest absolute Gasteiger partial charge is 0.461 e. The lowest BCUT2D eigenvalue weighted by molar-refractivity contribution is 0.270. The number of aliphatic imine (C=N–C) groups is 1. The van der Waals surface area contributed by atoms with Crippen LogP contribution in [-0.4, -0.2) is 41.3 Å². The fourth-order valence-corrected chi connectivity index (χ4v) is 3.66. The molecule has 2 aromatic heterocycles. The normalized spacial score (nSPS) is 20.9. The first-order valence-electron chi connectivity index (χ1n) is 9.64. The summed E-state index contributed by atoms with van der Waals surface area (Å²) in [6.07, 6.45) is 9.12. The summed E-state index contributed by atoms with van der Waals surface area (Å²) in [4.78, 5) is 8.74. The summed E-state index contributed by atoms with van der Waals surface area (Å²) in [7, 11) is 1.81. The molecule has 0 aliphatic heterocycles. The topological polar surface area (TPSA) is 91.1 Å². The van der Waals surface area contributed by atoms with E-state index in [9.17, 15) is 0 Å². The Hall–Kier alpha value is -2.31. The Balaban J connectivity index is 1.35. The minimum Gasteiger partial charge on any atom is -0.461 e. The third-order valence-electron chi connectivity index (χ3n) is 5.04. The summed E-state index contributed by atoms with van der Waals surface area (Å²) in [5, 5.41) is 13.9. The van der Waals surface area contributed by atoms with E-state index < -0.39 is 0 Å². The maximum absolute atomic E-state index is 5.30. The van der Waals surface area contributed by atoms with Gasteiger partial charge in [-0.15, -0.1) is 0 Å². The van der Waals surface area contributed by atoms with Crippen molar-refractivity contribution in [3.8, 4) is 11.6 Å². The highest BCUT2D eigenvalue weighted by molar-refractivity contribution is 5.79. The molecule has 0 bridgehead atoms. The molecule has 0 saturated heterocycles. The van der Waals surface area contributed by atoms with Gasteiger partial charge >= 0.3 is 0 Å². The van der Waals surface area contributed by atoms with Gasteiger partial charge in [0.2, 0.25) is 5.82 Å². The van der Waals surface area contributed by atoms with Gasteiger partial charge < -0.3 is 15.1 Å². The summed E-state index contributed by atoms with van der Waals surface area (Å²) in [5.41, 5.74) is 0. The van der Waals surface area contributed by atoms with Gasteiger partial charge in [-0.05, 0) is 36.8 Å². The van der Waals surface area contributed by atoms with Crippen LogP contribution in [0.1, 0.15) is 44.9 Å². The molecule has 0 radical (unpaired) electrons. The van der Waals surface area contributed by atoms with Crippen LogP contribution in [-0.2, 0) is 6.42 Å². The number of furan rings is 1. The second kappa shape index (κ2) is 9.40. The van der Waals surface area contributed by atoms with Gasteiger partial charge in [-0.25, -0.2) is 4.98 Å². The molecule has 2 unspecified atom stereocenters. The molecule has 3 rings (SSSR count). The Morgan fingerprint density at radius 3 is 3.00 bits per heavy atom. The van der Waals surface area contributed by atoms with Crippen molar-refractivity contribution < 1.29 is 4.42 Å². The maximum Gasteiger partial charge on any atom is 0.216 e. The van der Waals surface area contributed by atoms with Crippen LogP contribution in [0.4, 0.5) is 0 Å². The zero-order valence-electron chi connectivity index (χ0n) is 15.8. The number of nitrogens with zero attached hydrogens (tertiary/aromatic N) is 3. The molecule has 0 spiro atoms. The lowest BCUT2D eigenvalue weighted by Gasteiger charge is -2.26. The predicted octanol–water partition coefficient (Wildman–Crippen LogP) is 2.99. The van der Waals surface area contributed by atoms with E-state index in [-0.39, 0.29) is 0 Å². The molecule has 2 aromatic rings. The van der Waals surface area contributed by atoms with Gasteiger partial charge in [0.25, 0.3) is 0 Å². The molecule has 26 heavy (non-hydrogen) atoms. The Morgan fingerprint density at radius 1 is 1.35 bits per heavy atom. The number of aromatic amines is 1. The second-order valence-corrected chi connectivity index (χ2v) is 7.19. The van der Waals surface area contributed by atoms with Crippen LogP contribution in [0.2, 0.25) is 0 Å². The molecular weight excluding hydrogens is 328 g/mol. The average molecular weight is 358 g/mol.